The Morgan fingerprint density at radius 2 is 1.63 bits per heavy atom. The normalized spacial score (nSPS) is 19.9. The number of aromatic nitrogens is 4. The Morgan fingerprint density at radius 3 is 2.29 bits per heavy atom. The Hall–Kier alpha value is -5.32. The molecule has 59 heavy (non-hydrogen) atoms. The number of carbonyl (C=O) groups is 2. The standard InChI is InChI=1S/C40H46F3N11O4S/c1-50-35-20-28(3-5-33(35)37(49-50)54-19-12-36(55)48-39(54)56)27-8-13-51(14-9-27)25-26-6-15-52(16-7-26)34-21-32(4-2-29(34)22-44)59(57,58)53-17-10-31(11-18-53)47-38-45-23-30(24-46-38)40(41,42)43/h2-5,20-21,23-24,26-27,31H,6-19,25H2,1H3,(H,45,46,47)(H,48,55,56). The molecule has 2 N–H and O–H groups in total. The number of carbonyl (C=O) groups excluding carboxylic acids is 2. The molecule has 4 aliphatic rings. The molecule has 4 aromatic rings. The van der Waals surface area contributed by atoms with Gasteiger partial charge in [0.2, 0.25) is 21.9 Å². The Bertz CT molecular complexity index is 2360. The van der Waals surface area contributed by atoms with Crippen LogP contribution >= 0.6 is 0 Å². The molecule has 4 saturated heterocycles. The first kappa shape index (κ1) is 40.5. The average molecular weight is 834 g/mol. The van der Waals surface area contributed by atoms with E-state index in [1.807, 2.05) is 13.1 Å². The van der Waals surface area contributed by atoms with Crippen LogP contribution in [-0.4, -0.2) is 108 Å². The number of aryl methyl sites for hydroxylation is 1. The highest BCUT2D eigenvalue weighted by Gasteiger charge is 2.34. The lowest BCUT2D eigenvalue weighted by molar-refractivity contribution is -0.138. The van der Waals surface area contributed by atoms with Gasteiger partial charge in [0, 0.05) is 76.6 Å². The lowest BCUT2D eigenvalue weighted by Crippen LogP contribution is -2.49. The number of halogens is 3. The maximum absolute atomic E-state index is 13.8. The van der Waals surface area contributed by atoms with Crippen molar-refractivity contribution in [1.29, 1.82) is 5.26 Å². The highest BCUT2D eigenvalue weighted by atomic mass is 32.2. The van der Waals surface area contributed by atoms with E-state index in [1.54, 1.807) is 16.8 Å². The van der Waals surface area contributed by atoms with E-state index in [-0.39, 0.29) is 42.3 Å². The van der Waals surface area contributed by atoms with Crippen molar-refractivity contribution >= 4 is 50.3 Å². The Morgan fingerprint density at radius 1 is 0.915 bits per heavy atom. The summed E-state index contributed by atoms with van der Waals surface area (Å²) in [6.07, 6.45) is 1.90. The number of fused-ring (bicyclic) bond motifs is 1. The van der Waals surface area contributed by atoms with Crippen LogP contribution in [0.25, 0.3) is 10.9 Å². The molecule has 312 valence electrons. The largest absolute Gasteiger partial charge is 0.419 e. The average Bonchev–Trinajstić information content (AvgIpc) is 3.56. The zero-order valence-electron chi connectivity index (χ0n) is 32.7. The Balaban J connectivity index is 0.828. The van der Waals surface area contributed by atoms with Gasteiger partial charge in [-0.05, 0) is 99.3 Å². The van der Waals surface area contributed by atoms with Gasteiger partial charge in [0.15, 0.2) is 5.82 Å². The van der Waals surface area contributed by atoms with E-state index in [9.17, 15) is 36.4 Å². The second kappa shape index (κ2) is 16.4. The van der Waals surface area contributed by atoms with Crippen molar-refractivity contribution < 1.29 is 31.2 Å². The van der Waals surface area contributed by atoms with Gasteiger partial charge in [-0.25, -0.2) is 23.2 Å². The van der Waals surface area contributed by atoms with Gasteiger partial charge in [0.25, 0.3) is 0 Å². The Labute approximate surface area is 340 Å². The topological polar surface area (TPSA) is 173 Å². The zero-order valence-corrected chi connectivity index (χ0v) is 33.5. The number of anilines is 3. The molecular weight excluding hydrogens is 788 g/mol. The highest BCUT2D eigenvalue weighted by molar-refractivity contribution is 7.89. The monoisotopic (exact) mass is 833 g/mol. The summed E-state index contributed by atoms with van der Waals surface area (Å²) in [5, 5.41) is 20.9. The Kier molecular flexibility index (Phi) is 11.2. The predicted octanol–water partition coefficient (Wildman–Crippen LogP) is 5.06. The summed E-state index contributed by atoms with van der Waals surface area (Å²) in [5.74, 6) is 1.23. The second-order valence-electron chi connectivity index (χ2n) is 15.9. The summed E-state index contributed by atoms with van der Waals surface area (Å²) in [7, 11) is -1.99. The van der Waals surface area contributed by atoms with Crippen molar-refractivity contribution in [2.75, 3.05) is 67.5 Å². The van der Waals surface area contributed by atoms with E-state index < -0.39 is 27.8 Å². The SMILES string of the molecule is Cn1nc(N2CCC(=O)NC2=O)c2ccc(C3CCN(CC4CCN(c5cc(S(=O)(=O)N6CCC(Nc7ncc(C(F)(F)F)cn7)CC6)ccc5C#N)CC4)CC3)cc21. The van der Waals surface area contributed by atoms with Crippen LogP contribution < -0.4 is 20.4 Å². The van der Waals surface area contributed by atoms with Crippen LogP contribution in [0, 0.1) is 17.2 Å². The molecule has 0 radical (unpaired) electrons. The molecule has 0 spiro atoms. The molecule has 4 fully saturated rings. The van der Waals surface area contributed by atoms with Gasteiger partial charge in [-0.1, -0.05) is 6.07 Å². The number of alkyl halides is 3. The third-order valence-corrected chi connectivity index (χ3v) is 14.1. The van der Waals surface area contributed by atoms with Gasteiger partial charge in [0.05, 0.1) is 27.2 Å². The number of benzene rings is 2. The first-order valence-corrected chi connectivity index (χ1v) is 21.5. The minimum Gasteiger partial charge on any atom is -0.370 e. The van der Waals surface area contributed by atoms with Gasteiger partial charge < -0.3 is 15.1 Å². The van der Waals surface area contributed by atoms with Gasteiger partial charge in [-0.15, -0.1) is 0 Å². The number of hydrogen-bond acceptors (Lipinski definition) is 11. The molecule has 0 unspecified atom stereocenters. The summed E-state index contributed by atoms with van der Waals surface area (Å²) < 4.78 is 69.4. The first-order valence-electron chi connectivity index (χ1n) is 20.0. The molecule has 2 aromatic carbocycles. The predicted molar refractivity (Wildman–Crippen MR) is 213 cm³/mol. The van der Waals surface area contributed by atoms with Crippen molar-refractivity contribution in [3.05, 3.63) is 65.5 Å². The summed E-state index contributed by atoms with van der Waals surface area (Å²) in [4.78, 5) is 38.0. The van der Waals surface area contributed by atoms with Crippen LogP contribution in [0.5, 0.6) is 0 Å². The quantitative estimate of drug-likeness (QED) is 0.231. The molecular formula is C40H46F3N11O4S. The van der Waals surface area contributed by atoms with Gasteiger partial charge in [-0.2, -0.15) is 27.8 Å². The van der Waals surface area contributed by atoms with Crippen LogP contribution in [-0.2, 0) is 28.0 Å². The van der Waals surface area contributed by atoms with E-state index in [1.165, 1.54) is 20.8 Å². The number of sulfonamides is 1. The van der Waals surface area contributed by atoms with Crippen LogP contribution in [0.2, 0.25) is 0 Å². The number of nitriles is 1. The maximum Gasteiger partial charge on any atom is 0.419 e. The van der Waals surface area contributed by atoms with Gasteiger partial charge in [-0.3, -0.25) is 19.7 Å². The van der Waals surface area contributed by atoms with Crippen LogP contribution in [0.15, 0.2) is 53.7 Å². The van der Waals surface area contributed by atoms with E-state index in [0.717, 1.165) is 68.6 Å². The molecule has 0 aliphatic carbocycles. The second-order valence-corrected chi connectivity index (χ2v) is 17.8. The number of amides is 3. The van der Waals surface area contributed by atoms with Crippen molar-refractivity contribution in [1.82, 2.24) is 34.3 Å². The molecule has 0 bridgehead atoms. The zero-order chi connectivity index (χ0) is 41.5. The number of imide groups is 1. The van der Waals surface area contributed by atoms with Crippen molar-refractivity contribution in [2.24, 2.45) is 13.0 Å². The smallest absolute Gasteiger partial charge is 0.370 e. The fraction of sp³-hybridized carbons (Fsp3) is 0.500. The lowest BCUT2D eigenvalue weighted by Gasteiger charge is -2.39. The number of hydrogen-bond donors (Lipinski definition) is 2. The summed E-state index contributed by atoms with van der Waals surface area (Å²) in [6.45, 7) is 5.10. The summed E-state index contributed by atoms with van der Waals surface area (Å²) >= 11 is 0. The van der Waals surface area contributed by atoms with Crippen LogP contribution in [0.1, 0.15) is 67.6 Å². The maximum atomic E-state index is 13.8. The van der Waals surface area contributed by atoms with Crippen LogP contribution in [0.3, 0.4) is 0 Å². The van der Waals surface area contributed by atoms with E-state index in [4.69, 9.17) is 0 Å². The highest BCUT2D eigenvalue weighted by Crippen LogP contribution is 2.36. The third kappa shape index (κ3) is 8.57. The molecule has 3 amide bonds. The number of nitrogens with zero attached hydrogens (tertiary/aromatic N) is 9. The number of rotatable bonds is 9. The van der Waals surface area contributed by atoms with E-state index in [2.05, 4.69) is 53.7 Å². The van der Waals surface area contributed by atoms with Crippen molar-refractivity contribution in [3.63, 3.8) is 0 Å². The number of urea groups is 1. The minimum atomic E-state index is -4.53. The molecule has 2 aromatic heterocycles. The van der Waals surface area contributed by atoms with Crippen molar-refractivity contribution in [3.8, 4) is 6.07 Å². The molecule has 15 nitrogen and oxygen atoms in total. The molecule has 6 heterocycles. The number of likely N-dealkylation sites (tertiary alicyclic amines) is 1. The van der Waals surface area contributed by atoms with E-state index >= 15 is 0 Å². The van der Waals surface area contributed by atoms with Gasteiger partial charge >= 0.3 is 12.2 Å². The molecule has 0 saturated carbocycles. The van der Waals surface area contributed by atoms with E-state index in [0.29, 0.717) is 61.4 Å². The lowest BCUT2D eigenvalue weighted by atomic mass is 9.88. The third-order valence-electron chi connectivity index (χ3n) is 12.2. The first-order chi connectivity index (χ1) is 28.3. The summed E-state index contributed by atoms with van der Waals surface area (Å²) in [5.41, 5.74) is 2.31. The fourth-order valence-electron chi connectivity index (χ4n) is 8.79. The molecule has 8 rings (SSSR count). The molecule has 0 atom stereocenters. The number of nitrogens with one attached hydrogen (secondary N) is 2. The fourth-order valence-corrected chi connectivity index (χ4v) is 10.3. The summed E-state index contributed by atoms with van der Waals surface area (Å²) in [6, 6.07) is 12.6. The molecule has 19 heteroatoms. The van der Waals surface area contributed by atoms with Gasteiger partial charge in [0.1, 0.15) is 6.07 Å². The molecule has 4 aliphatic heterocycles. The minimum absolute atomic E-state index is 0.0593. The van der Waals surface area contributed by atoms with Crippen LogP contribution in [0.4, 0.5) is 35.4 Å². The van der Waals surface area contributed by atoms with Crippen molar-refractivity contribution in [2.45, 2.75) is 68.0 Å². The number of piperidine rings is 3.